The van der Waals surface area contributed by atoms with Crippen molar-refractivity contribution in [2.45, 2.75) is 4.90 Å². The van der Waals surface area contributed by atoms with E-state index in [-0.39, 0.29) is 0 Å². The lowest BCUT2D eigenvalue weighted by molar-refractivity contribution is 0.203. The van der Waals surface area contributed by atoms with Crippen molar-refractivity contribution in [2.24, 2.45) is 0 Å². The Morgan fingerprint density at radius 3 is 2.26 bits per heavy atom. The first-order chi connectivity index (χ1) is 9.00. The summed E-state index contributed by atoms with van der Waals surface area (Å²) >= 11 is 5.77. The van der Waals surface area contributed by atoms with Gasteiger partial charge in [-0.25, -0.2) is 8.42 Å². The predicted molar refractivity (Wildman–Crippen MR) is 76.6 cm³/mol. The monoisotopic (exact) mass is 300 g/mol. The van der Waals surface area contributed by atoms with Gasteiger partial charge in [-0.3, -0.25) is 4.90 Å². The van der Waals surface area contributed by atoms with Gasteiger partial charge in [-0.05, 0) is 12.1 Å². The summed E-state index contributed by atoms with van der Waals surface area (Å²) in [4.78, 5) is 2.46. The van der Waals surface area contributed by atoms with Crippen LogP contribution in [-0.4, -0.2) is 50.3 Å². The van der Waals surface area contributed by atoms with Crippen LogP contribution in [0.25, 0.3) is 0 Å². The molecule has 0 spiro atoms. The summed E-state index contributed by atoms with van der Waals surface area (Å²) in [7, 11) is -3.36. The lowest BCUT2D eigenvalue weighted by atomic mass is 10.3. The molecule has 1 aliphatic heterocycles. The Morgan fingerprint density at radius 1 is 1.16 bits per heavy atom. The second-order valence-electron chi connectivity index (χ2n) is 4.51. The molecule has 6 heteroatoms. The maximum Gasteiger partial charge on any atom is 0.243 e. The van der Waals surface area contributed by atoms with E-state index < -0.39 is 10.0 Å². The molecule has 1 aromatic rings. The zero-order valence-electron chi connectivity index (χ0n) is 10.6. The molecule has 0 unspecified atom stereocenters. The maximum absolute atomic E-state index is 12.4. The molecular weight excluding hydrogens is 284 g/mol. The van der Waals surface area contributed by atoms with Crippen LogP contribution < -0.4 is 0 Å². The van der Waals surface area contributed by atoms with Crippen molar-refractivity contribution in [1.82, 2.24) is 9.21 Å². The van der Waals surface area contributed by atoms with E-state index in [9.17, 15) is 8.42 Å². The first kappa shape index (κ1) is 14.5. The van der Waals surface area contributed by atoms with Gasteiger partial charge in [0.2, 0.25) is 10.0 Å². The molecule has 0 atom stereocenters. The maximum atomic E-state index is 12.4. The fraction of sp³-hybridized carbons (Fsp3) is 0.385. The summed E-state index contributed by atoms with van der Waals surface area (Å²) in [5.41, 5.74) is 0. The molecule has 19 heavy (non-hydrogen) atoms. The highest BCUT2D eigenvalue weighted by atomic mass is 35.5. The quantitative estimate of drug-likeness (QED) is 0.850. The van der Waals surface area contributed by atoms with Gasteiger partial charge in [0, 0.05) is 37.8 Å². The SMILES string of the molecule is C=C(Cl)CN1CCN(S(=O)(=O)c2ccccc2)CC1. The topological polar surface area (TPSA) is 40.6 Å². The van der Waals surface area contributed by atoms with Gasteiger partial charge in [0.1, 0.15) is 0 Å². The van der Waals surface area contributed by atoms with Crippen LogP contribution in [-0.2, 0) is 10.0 Å². The summed E-state index contributed by atoms with van der Waals surface area (Å²) in [5, 5.41) is 0.583. The third-order valence-electron chi connectivity index (χ3n) is 3.11. The summed E-state index contributed by atoms with van der Waals surface area (Å²) in [6, 6.07) is 8.54. The van der Waals surface area contributed by atoms with Crippen molar-refractivity contribution < 1.29 is 8.42 Å². The lowest BCUT2D eigenvalue weighted by Gasteiger charge is -2.33. The van der Waals surface area contributed by atoms with Gasteiger partial charge in [-0.1, -0.05) is 36.4 Å². The molecule has 4 nitrogen and oxygen atoms in total. The Balaban J connectivity index is 2.03. The van der Waals surface area contributed by atoms with Crippen LogP contribution in [0.2, 0.25) is 0 Å². The van der Waals surface area contributed by atoms with Crippen LogP contribution in [0.3, 0.4) is 0 Å². The fourth-order valence-electron chi connectivity index (χ4n) is 2.11. The van der Waals surface area contributed by atoms with E-state index in [1.54, 1.807) is 24.3 Å². The van der Waals surface area contributed by atoms with Gasteiger partial charge >= 0.3 is 0 Å². The molecule has 1 heterocycles. The molecule has 0 aromatic heterocycles. The second-order valence-corrected chi connectivity index (χ2v) is 6.98. The molecule has 0 bridgehead atoms. The summed E-state index contributed by atoms with van der Waals surface area (Å²) in [6.45, 7) is 6.60. The lowest BCUT2D eigenvalue weighted by Crippen LogP contribution is -2.48. The van der Waals surface area contributed by atoms with Gasteiger partial charge in [0.15, 0.2) is 0 Å². The number of benzene rings is 1. The molecule has 1 fully saturated rings. The molecule has 0 N–H and O–H groups in total. The third-order valence-corrected chi connectivity index (χ3v) is 5.14. The van der Waals surface area contributed by atoms with Crippen LogP contribution >= 0.6 is 11.6 Å². The molecule has 0 amide bonds. The van der Waals surface area contributed by atoms with Crippen LogP contribution in [0.5, 0.6) is 0 Å². The number of halogens is 1. The number of sulfonamides is 1. The van der Waals surface area contributed by atoms with E-state index in [1.807, 2.05) is 6.07 Å². The van der Waals surface area contributed by atoms with E-state index in [0.29, 0.717) is 42.7 Å². The number of hydrogen-bond acceptors (Lipinski definition) is 3. The third kappa shape index (κ3) is 3.57. The van der Waals surface area contributed by atoms with Gasteiger partial charge in [-0.15, -0.1) is 0 Å². The zero-order chi connectivity index (χ0) is 13.9. The minimum Gasteiger partial charge on any atom is -0.296 e. The average molecular weight is 301 g/mol. The Labute approximate surface area is 119 Å². The molecule has 0 aliphatic carbocycles. The van der Waals surface area contributed by atoms with Crippen molar-refractivity contribution in [1.29, 1.82) is 0 Å². The normalized spacial score (nSPS) is 18.4. The Kier molecular flexibility index (Phi) is 4.62. The van der Waals surface area contributed by atoms with Gasteiger partial charge in [0.05, 0.1) is 4.90 Å². The van der Waals surface area contributed by atoms with Gasteiger partial charge in [0.25, 0.3) is 0 Å². The van der Waals surface area contributed by atoms with Gasteiger partial charge < -0.3 is 0 Å². The molecule has 1 aliphatic rings. The molecular formula is C13H17ClN2O2S. The first-order valence-corrected chi connectivity index (χ1v) is 7.93. The van der Waals surface area contributed by atoms with Crippen molar-refractivity contribution >= 4 is 21.6 Å². The number of nitrogens with zero attached hydrogens (tertiary/aromatic N) is 2. The molecule has 104 valence electrons. The van der Waals surface area contributed by atoms with E-state index in [0.717, 1.165) is 0 Å². The molecule has 0 radical (unpaired) electrons. The minimum absolute atomic E-state index is 0.352. The minimum atomic E-state index is -3.36. The predicted octanol–water partition coefficient (Wildman–Crippen LogP) is 1.75. The number of rotatable bonds is 4. The highest BCUT2D eigenvalue weighted by Crippen LogP contribution is 2.17. The summed E-state index contributed by atoms with van der Waals surface area (Å²) in [6.07, 6.45) is 0. The van der Waals surface area contributed by atoms with Crippen LogP contribution in [0.1, 0.15) is 0 Å². The Hall–Kier alpha value is -0.880. The smallest absolute Gasteiger partial charge is 0.243 e. The van der Waals surface area contributed by atoms with Crippen molar-refractivity contribution in [2.75, 3.05) is 32.7 Å². The average Bonchev–Trinajstić information content (AvgIpc) is 2.40. The molecule has 1 aromatic carbocycles. The Morgan fingerprint density at radius 2 is 1.74 bits per heavy atom. The van der Waals surface area contributed by atoms with Gasteiger partial charge in [-0.2, -0.15) is 4.31 Å². The molecule has 2 rings (SSSR count). The number of hydrogen-bond donors (Lipinski definition) is 0. The molecule has 0 saturated carbocycles. The van der Waals surface area contributed by atoms with Crippen molar-refractivity contribution in [3.63, 3.8) is 0 Å². The highest BCUT2D eigenvalue weighted by molar-refractivity contribution is 7.89. The van der Waals surface area contributed by atoms with E-state index >= 15 is 0 Å². The zero-order valence-corrected chi connectivity index (χ0v) is 12.2. The standard InChI is InChI=1S/C13H17ClN2O2S/c1-12(14)11-15-7-9-16(10-8-15)19(17,18)13-5-3-2-4-6-13/h2-6H,1,7-11H2. The summed E-state index contributed by atoms with van der Waals surface area (Å²) < 4.78 is 26.3. The first-order valence-electron chi connectivity index (χ1n) is 6.11. The fourth-order valence-corrected chi connectivity index (χ4v) is 3.72. The van der Waals surface area contributed by atoms with Crippen molar-refractivity contribution in [3.8, 4) is 0 Å². The van der Waals surface area contributed by atoms with Crippen molar-refractivity contribution in [3.05, 3.63) is 41.9 Å². The van der Waals surface area contributed by atoms with Crippen LogP contribution in [0.4, 0.5) is 0 Å². The Bertz CT molecular complexity index is 537. The van der Waals surface area contributed by atoms with E-state index in [2.05, 4.69) is 11.5 Å². The van der Waals surface area contributed by atoms with Crippen LogP contribution in [0, 0.1) is 0 Å². The van der Waals surface area contributed by atoms with E-state index in [4.69, 9.17) is 11.6 Å². The largest absolute Gasteiger partial charge is 0.296 e. The van der Waals surface area contributed by atoms with E-state index in [1.165, 1.54) is 4.31 Å². The molecule has 1 saturated heterocycles. The van der Waals surface area contributed by atoms with Crippen LogP contribution in [0.15, 0.2) is 46.8 Å². The highest BCUT2D eigenvalue weighted by Gasteiger charge is 2.28. The number of piperazine rings is 1. The summed E-state index contributed by atoms with van der Waals surface area (Å²) in [5.74, 6) is 0. The second kappa shape index (κ2) is 6.05.